The molecule has 128 valence electrons. The average Bonchev–Trinajstić information content (AvgIpc) is 2.56. The van der Waals surface area contributed by atoms with E-state index in [2.05, 4.69) is 28.2 Å². The third-order valence-electron chi connectivity index (χ3n) is 3.81. The van der Waals surface area contributed by atoms with Crippen LogP contribution in [-0.2, 0) is 4.79 Å². The van der Waals surface area contributed by atoms with Gasteiger partial charge in [0.1, 0.15) is 11.8 Å². The van der Waals surface area contributed by atoms with E-state index in [0.717, 1.165) is 21.3 Å². The molecule has 0 aliphatic carbocycles. The fraction of sp³-hybridized carbons (Fsp3) is 0.278. The number of benzene rings is 2. The van der Waals surface area contributed by atoms with Crippen LogP contribution in [0.25, 0.3) is 0 Å². The molecule has 2 aromatic carbocycles. The van der Waals surface area contributed by atoms with Crippen LogP contribution in [-0.4, -0.2) is 19.6 Å². The first-order chi connectivity index (χ1) is 11.4. The van der Waals surface area contributed by atoms with E-state index in [1.807, 2.05) is 42.6 Å². The number of aryl methyl sites for hydroxylation is 1. The van der Waals surface area contributed by atoms with Gasteiger partial charge < -0.3 is 15.4 Å². The van der Waals surface area contributed by atoms with Crippen LogP contribution in [0.3, 0.4) is 0 Å². The number of rotatable bonds is 6. The molecule has 0 saturated carbocycles. The number of halogens is 2. The fourth-order valence-corrected chi connectivity index (χ4v) is 3.01. The van der Waals surface area contributed by atoms with E-state index in [9.17, 15) is 4.79 Å². The number of anilines is 1. The SMILES string of the molecule is COc1ccc([C@H](C)[NH2+]CC(=O)Nc2ccc(C)c(Cl)c2)cc1Br. The monoisotopic (exact) mass is 411 g/mol. The number of carbonyl (C=O) groups excluding carboxylic acids is 1. The summed E-state index contributed by atoms with van der Waals surface area (Å²) in [7, 11) is 1.64. The number of hydrogen-bond acceptors (Lipinski definition) is 2. The number of methoxy groups -OCH3 is 1. The summed E-state index contributed by atoms with van der Waals surface area (Å²) in [6.45, 7) is 4.32. The van der Waals surface area contributed by atoms with Crippen LogP contribution in [0.5, 0.6) is 5.75 Å². The fourth-order valence-electron chi connectivity index (χ4n) is 2.27. The second-order valence-electron chi connectivity index (χ2n) is 5.63. The van der Waals surface area contributed by atoms with Crippen LogP contribution in [0.1, 0.15) is 24.1 Å². The Kier molecular flexibility index (Phi) is 6.66. The standard InChI is InChI=1S/C18H20BrClN2O2/c1-11-4-6-14(9-16(11)20)22-18(23)10-21-12(2)13-5-7-17(24-3)15(19)8-13/h4-9,12,21H,10H2,1-3H3,(H,22,23)/p+1/t12-/m0/s1. The highest BCUT2D eigenvalue weighted by Crippen LogP contribution is 2.27. The lowest BCUT2D eigenvalue weighted by molar-refractivity contribution is -0.682. The maximum absolute atomic E-state index is 12.1. The Morgan fingerprint density at radius 3 is 2.71 bits per heavy atom. The van der Waals surface area contributed by atoms with Crippen molar-refractivity contribution in [3.8, 4) is 5.75 Å². The number of nitrogens with one attached hydrogen (secondary N) is 1. The molecular weight excluding hydrogens is 392 g/mol. The summed E-state index contributed by atoms with van der Waals surface area (Å²) in [5, 5.41) is 5.49. The third kappa shape index (κ3) is 4.97. The minimum absolute atomic E-state index is 0.0608. The van der Waals surface area contributed by atoms with Gasteiger partial charge in [-0.3, -0.25) is 4.79 Å². The van der Waals surface area contributed by atoms with E-state index >= 15 is 0 Å². The maximum Gasteiger partial charge on any atom is 0.279 e. The highest BCUT2D eigenvalue weighted by Gasteiger charge is 2.13. The summed E-state index contributed by atoms with van der Waals surface area (Å²) in [4.78, 5) is 12.1. The first-order valence-electron chi connectivity index (χ1n) is 7.63. The van der Waals surface area contributed by atoms with Crippen LogP contribution in [0.2, 0.25) is 5.02 Å². The summed E-state index contributed by atoms with van der Waals surface area (Å²) < 4.78 is 6.13. The molecule has 0 spiro atoms. The van der Waals surface area contributed by atoms with Crippen LogP contribution >= 0.6 is 27.5 Å². The van der Waals surface area contributed by atoms with Crippen molar-refractivity contribution in [3.05, 3.63) is 57.0 Å². The molecule has 0 radical (unpaired) electrons. The number of hydrogen-bond donors (Lipinski definition) is 2. The Morgan fingerprint density at radius 2 is 2.08 bits per heavy atom. The van der Waals surface area contributed by atoms with Gasteiger partial charge in [0, 0.05) is 16.3 Å². The first kappa shape index (κ1) is 18.8. The molecule has 1 atom stereocenters. The smallest absolute Gasteiger partial charge is 0.279 e. The van der Waals surface area contributed by atoms with Gasteiger partial charge in [-0.25, -0.2) is 0 Å². The molecule has 0 heterocycles. The van der Waals surface area contributed by atoms with Gasteiger partial charge in [0.05, 0.1) is 11.6 Å². The van der Waals surface area contributed by atoms with Crippen molar-refractivity contribution >= 4 is 39.1 Å². The quantitative estimate of drug-likeness (QED) is 0.760. The van der Waals surface area contributed by atoms with Gasteiger partial charge in [-0.05, 0) is 65.7 Å². The second-order valence-corrected chi connectivity index (χ2v) is 6.90. The molecule has 0 aromatic heterocycles. The molecule has 24 heavy (non-hydrogen) atoms. The Labute approximate surface area is 155 Å². The van der Waals surface area contributed by atoms with Gasteiger partial charge in [-0.15, -0.1) is 0 Å². The molecule has 1 amide bonds. The molecule has 0 bridgehead atoms. The van der Waals surface area contributed by atoms with Crippen molar-refractivity contribution in [2.75, 3.05) is 19.0 Å². The normalized spacial score (nSPS) is 11.9. The van der Waals surface area contributed by atoms with E-state index < -0.39 is 0 Å². The number of quaternary nitrogens is 1. The Hall–Kier alpha value is -1.56. The molecular formula is C18H21BrClN2O2+. The third-order valence-corrected chi connectivity index (χ3v) is 4.84. The number of amides is 1. The zero-order valence-electron chi connectivity index (χ0n) is 13.9. The van der Waals surface area contributed by atoms with Crippen molar-refractivity contribution in [2.24, 2.45) is 0 Å². The van der Waals surface area contributed by atoms with E-state index in [1.165, 1.54) is 0 Å². The summed E-state index contributed by atoms with van der Waals surface area (Å²) in [5.41, 5.74) is 2.82. The van der Waals surface area contributed by atoms with Gasteiger partial charge in [-0.2, -0.15) is 0 Å². The van der Waals surface area contributed by atoms with Crippen molar-refractivity contribution in [3.63, 3.8) is 0 Å². The van der Waals surface area contributed by atoms with Crippen LogP contribution in [0.15, 0.2) is 40.9 Å². The molecule has 2 rings (SSSR count). The molecule has 0 unspecified atom stereocenters. The van der Waals surface area contributed by atoms with Gasteiger partial charge in [0.25, 0.3) is 5.91 Å². The highest BCUT2D eigenvalue weighted by atomic mass is 79.9. The molecule has 0 fully saturated rings. The predicted molar refractivity (Wildman–Crippen MR) is 101 cm³/mol. The van der Waals surface area contributed by atoms with Crippen LogP contribution in [0.4, 0.5) is 5.69 Å². The molecule has 6 heteroatoms. The summed E-state index contributed by atoms with van der Waals surface area (Å²) in [6, 6.07) is 11.6. The molecule has 4 nitrogen and oxygen atoms in total. The molecule has 0 aliphatic heterocycles. The van der Waals surface area contributed by atoms with Crippen molar-refractivity contribution in [1.82, 2.24) is 0 Å². The van der Waals surface area contributed by atoms with E-state index in [1.54, 1.807) is 13.2 Å². The van der Waals surface area contributed by atoms with Gasteiger partial charge in [0.2, 0.25) is 0 Å². The van der Waals surface area contributed by atoms with Crippen molar-refractivity contribution in [1.29, 1.82) is 0 Å². The number of carbonyl (C=O) groups is 1. The lowest BCUT2D eigenvalue weighted by Crippen LogP contribution is -2.86. The summed E-state index contributed by atoms with van der Waals surface area (Å²) in [6.07, 6.45) is 0. The molecule has 0 saturated heterocycles. The largest absolute Gasteiger partial charge is 0.496 e. The molecule has 2 aromatic rings. The predicted octanol–water partition coefficient (Wildman–Crippen LogP) is 3.68. The van der Waals surface area contributed by atoms with Crippen molar-refractivity contribution in [2.45, 2.75) is 19.9 Å². The van der Waals surface area contributed by atoms with Crippen LogP contribution < -0.4 is 15.4 Å². The van der Waals surface area contributed by atoms with Crippen molar-refractivity contribution < 1.29 is 14.8 Å². The second kappa shape index (κ2) is 8.51. The molecule has 0 aliphatic rings. The zero-order chi connectivity index (χ0) is 17.7. The maximum atomic E-state index is 12.1. The zero-order valence-corrected chi connectivity index (χ0v) is 16.2. The molecule has 3 N–H and O–H groups in total. The number of nitrogens with two attached hydrogens (primary N) is 1. The minimum Gasteiger partial charge on any atom is -0.496 e. The Morgan fingerprint density at radius 1 is 1.33 bits per heavy atom. The lowest BCUT2D eigenvalue weighted by Gasteiger charge is -2.13. The summed E-state index contributed by atoms with van der Waals surface area (Å²) in [5.74, 6) is 0.731. The van der Waals surface area contributed by atoms with Crippen LogP contribution in [0, 0.1) is 6.92 Å². The Balaban J connectivity index is 1.90. The highest BCUT2D eigenvalue weighted by molar-refractivity contribution is 9.10. The first-order valence-corrected chi connectivity index (χ1v) is 8.80. The summed E-state index contributed by atoms with van der Waals surface area (Å²) >= 11 is 9.55. The van der Waals surface area contributed by atoms with Gasteiger partial charge in [-0.1, -0.05) is 17.7 Å². The van der Waals surface area contributed by atoms with Gasteiger partial charge in [0.15, 0.2) is 6.54 Å². The minimum atomic E-state index is -0.0608. The van der Waals surface area contributed by atoms with E-state index in [0.29, 0.717) is 17.3 Å². The Bertz CT molecular complexity index is 737. The van der Waals surface area contributed by atoms with Gasteiger partial charge >= 0.3 is 0 Å². The number of ether oxygens (including phenoxy) is 1. The van der Waals surface area contributed by atoms with E-state index in [-0.39, 0.29) is 11.9 Å². The lowest BCUT2D eigenvalue weighted by atomic mass is 10.1. The van der Waals surface area contributed by atoms with E-state index in [4.69, 9.17) is 16.3 Å². The average molecular weight is 413 g/mol. The topological polar surface area (TPSA) is 54.9 Å².